The van der Waals surface area contributed by atoms with Crippen LogP contribution < -0.4 is 5.32 Å². The summed E-state index contributed by atoms with van der Waals surface area (Å²) in [6, 6.07) is 8.76. The molecule has 0 saturated heterocycles. The van der Waals surface area contributed by atoms with Gasteiger partial charge in [-0.1, -0.05) is 49.8 Å². The van der Waals surface area contributed by atoms with Crippen molar-refractivity contribution in [3.05, 3.63) is 52.3 Å². The number of hydrogen-bond acceptors (Lipinski definition) is 2. The van der Waals surface area contributed by atoms with Gasteiger partial charge in [0.05, 0.1) is 5.56 Å². The highest BCUT2D eigenvalue weighted by molar-refractivity contribution is 5.91. The largest absolute Gasteiger partial charge is 0.478 e. The molecule has 4 nitrogen and oxygen atoms in total. The van der Waals surface area contributed by atoms with Crippen LogP contribution in [0.3, 0.4) is 0 Å². The third-order valence-electron chi connectivity index (χ3n) is 5.95. The molecular weight excluding hydrogens is 336 g/mol. The zero-order valence-electron chi connectivity index (χ0n) is 16.8. The van der Waals surface area contributed by atoms with Crippen molar-refractivity contribution in [2.75, 3.05) is 0 Å². The van der Waals surface area contributed by atoms with Crippen LogP contribution in [0, 0.1) is 20.8 Å². The van der Waals surface area contributed by atoms with Crippen molar-refractivity contribution in [3.63, 3.8) is 0 Å². The van der Waals surface area contributed by atoms with Crippen LogP contribution in [0.15, 0.2) is 24.3 Å². The first-order valence-corrected chi connectivity index (χ1v) is 10.2. The normalized spacial score (nSPS) is 16.1. The lowest BCUT2D eigenvalue weighted by Crippen LogP contribution is -2.30. The highest BCUT2D eigenvalue weighted by atomic mass is 16.4. The molecule has 1 heterocycles. The third-order valence-corrected chi connectivity index (χ3v) is 5.95. The topological polar surface area (TPSA) is 54.3 Å². The van der Waals surface area contributed by atoms with E-state index in [-0.39, 0.29) is 0 Å². The number of hydrogen-bond donors (Lipinski definition) is 2. The first kappa shape index (κ1) is 19.7. The number of aromatic nitrogens is 1. The summed E-state index contributed by atoms with van der Waals surface area (Å²) in [5, 5.41) is 13.5. The van der Waals surface area contributed by atoms with E-state index in [1.165, 1.54) is 50.5 Å². The van der Waals surface area contributed by atoms with Crippen LogP contribution in [0.4, 0.5) is 0 Å². The summed E-state index contributed by atoms with van der Waals surface area (Å²) in [5.41, 5.74) is 5.42. The van der Waals surface area contributed by atoms with Gasteiger partial charge in [-0.3, -0.25) is 0 Å². The molecule has 1 aromatic heterocycles. The van der Waals surface area contributed by atoms with Crippen LogP contribution in [0.25, 0.3) is 5.69 Å². The van der Waals surface area contributed by atoms with Crippen molar-refractivity contribution in [2.45, 2.75) is 78.3 Å². The van der Waals surface area contributed by atoms with Gasteiger partial charge in [0.2, 0.25) is 0 Å². The quantitative estimate of drug-likeness (QED) is 0.752. The average Bonchev–Trinajstić information content (AvgIpc) is 2.85. The number of carboxylic acid groups (broad SMARTS) is 1. The molecule has 0 bridgehead atoms. The van der Waals surface area contributed by atoms with E-state index in [1.807, 2.05) is 13.8 Å². The predicted molar refractivity (Wildman–Crippen MR) is 110 cm³/mol. The molecule has 1 aromatic carbocycles. The maximum Gasteiger partial charge on any atom is 0.337 e. The van der Waals surface area contributed by atoms with E-state index in [2.05, 4.69) is 41.1 Å². The Morgan fingerprint density at radius 1 is 1.00 bits per heavy atom. The molecule has 0 spiro atoms. The molecule has 146 valence electrons. The second-order valence-electron chi connectivity index (χ2n) is 7.92. The molecular formula is C23H32N2O2. The zero-order chi connectivity index (χ0) is 19.4. The number of aryl methyl sites for hydroxylation is 1. The molecule has 1 saturated carbocycles. The van der Waals surface area contributed by atoms with Crippen molar-refractivity contribution < 1.29 is 9.90 Å². The Hall–Kier alpha value is -2.07. The Morgan fingerprint density at radius 3 is 2.19 bits per heavy atom. The van der Waals surface area contributed by atoms with E-state index < -0.39 is 5.97 Å². The van der Waals surface area contributed by atoms with Crippen LogP contribution in [0.1, 0.15) is 77.8 Å². The maximum atomic E-state index is 12.0. The summed E-state index contributed by atoms with van der Waals surface area (Å²) in [6.45, 7) is 6.63. The van der Waals surface area contributed by atoms with Crippen LogP contribution in [-0.2, 0) is 6.54 Å². The van der Waals surface area contributed by atoms with Gasteiger partial charge in [0.15, 0.2) is 0 Å². The lowest BCUT2D eigenvalue weighted by atomic mass is 9.96. The van der Waals surface area contributed by atoms with Crippen LogP contribution >= 0.6 is 0 Å². The number of benzene rings is 1. The van der Waals surface area contributed by atoms with Gasteiger partial charge in [0.1, 0.15) is 0 Å². The molecule has 1 aliphatic rings. The Bertz CT molecular complexity index is 782. The summed E-state index contributed by atoms with van der Waals surface area (Å²) < 4.78 is 2.08. The minimum Gasteiger partial charge on any atom is -0.478 e. The lowest BCUT2D eigenvalue weighted by molar-refractivity contribution is 0.0694. The smallest absolute Gasteiger partial charge is 0.337 e. The second-order valence-corrected chi connectivity index (χ2v) is 7.92. The summed E-state index contributed by atoms with van der Waals surface area (Å²) >= 11 is 0. The van der Waals surface area contributed by atoms with Crippen LogP contribution in [-0.4, -0.2) is 21.7 Å². The molecule has 1 fully saturated rings. The van der Waals surface area contributed by atoms with E-state index in [0.717, 1.165) is 22.6 Å². The molecule has 2 N–H and O–H groups in total. The molecule has 1 aliphatic carbocycles. The lowest BCUT2D eigenvalue weighted by Gasteiger charge is -2.21. The molecule has 27 heavy (non-hydrogen) atoms. The molecule has 4 heteroatoms. The van der Waals surface area contributed by atoms with Crippen molar-refractivity contribution in [3.8, 4) is 5.69 Å². The molecule has 0 atom stereocenters. The van der Waals surface area contributed by atoms with Crippen molar-refractivity contribution in [1.82, 2.24) is 9.88 Å². The van der Waals surface area contributed by atoms with Crippen LogP contribution in [0.5, 0.6) is 0 Å². The standard InChI is InChI=1S/C23H32N2O2/c1-16-11-13-20(14-12-16)25-17(2)21(22(18(25)3)23(26)27)15-24-19-9-7-5-4-6-8-10-19/h11-14,19,24H,4-10,15H2,1-3H3,(H,26,27). The van der Waals surface area contributed by atoms with Gasteiger partial charge in [0, 0.05) is 35.2 Å². The van der Waals surface area contributed by atoms with E-state index in [0.29, 0.717) is 18.2 Å². The number of carbonyl (C=O) groups is 1. The van der Waals surface area contributed by atoms with Gasteiger partial charge in [-0.2, -0.15) is 0 Å². The average molecular weight is 369 g/mol. The van der Waals surface area contributed by atoms with E-state index >= 15 is 0 Å². The Labute approximate surface area is 162 Å². The second kappa shape index (κ2) is 8.75. The number of carboxylic acids is 1. The first-order valence-electron chi connectivity index (χ1n) is 10.2. The van der Waals surface area contributed by atoms with Crippen molar-refractivity contribution >= 4 is 5.97 Å². The highest BCUT2D eigenvalue weighted by Crippen LogP contribution is 2.27. The minimum atomic E-state index is -0.837. The van der Waals surface area contributed by atoms with Gasteiger partial charge in [-0.05, 0) is 45.7 Å². The first-order chi connectivity index (χ1) is 13.0. The Balaban J connectivity index is 1.88. The fraction of sp³-hybridized carbons (Fsp3) is 0.522. The van der Waals surface area contributed by atoms with Gasteiger partial charge in [-0.15, -0.1) is 0 Å². The summed E-state index contributed by atoms with van der Waals surface area (Å²) in [5.74, 6) is -0.837. The molecule has 0 unspecified atom stereocenters. The molecule has 0 radical (unpaired) electrons. The fourth-order valence-electron chi connectivity index (χ4n) is 4.39. The van der Waals surface area contributed by atoms with Gasteiger partial charge < -0.3 is 15.0 Å². The number of nitrogens with zero attached hydrogens (tertiary/aromatic N) is 1. The summed E-state index contributed by atoms with van der Waals surface area (Å²) in [7, 11) is 0. The van der Waals surface area contributed by atoms with E-state index in [4.69, 9.17) is 0 Å². The number of nitrogens with one attached hydrogen (secondary N) is 1. The highest BCUT2D eigenvalue weighted by Gasteiger charge is 2.24. The van der Waals surface area contributed by atoms with Gasteiger partial charge in [0.25, 0.3) is 0 Å². The zero-order valence-corrected chi connectivity index (χ0v) is 16.8. The molecule has 2 aromatic rings. The monoisotopic (exact) mass is 368 g/mol. The van der Waals surface area contributed by atoms with Gasteiger partial charge >= 0.3 is 5.97 Å². The van der Waals surface area contributed by atoms with Crippen LogP contribution in [0.2, 0.25) is 0 Å². The Morgan fingerprint density at radius 2 is 1.59 bits per heavy atom. The third kappa shape index (κ3) is 4.44. The number of rotatable bonds is 5. The molecule has 0 aliphatic heterocycles. The predicted octanol–water partition coefficient (Wildman–Crippen LogP) is 5.30. The maximum absolute atomic E-state index is 12.0. The summed E-state index contributed by atoms with van der Waals surface area (Å²) in [4.78, 5) is 12.0. The Kier molecular flexibility index (Phi) is 6.38. The number of aromatic carboxylic acids is 1. The van der Waals surface area contributed by atoms with Gasteiger partial charge in [-0.25, -0.2) is 4.79 Å². The van der Waals surface area contributed by atoms with Crippen molar-refractivity contribution in [1.29, 1.82) is 0 Å². The molecule has 3 rings (SSSR count). The SMILES string of the molecule is Cc1ccc(-n2c(C)c(CNC3CCCCCCC3)c(C(=O)O)c2C)cc1. The summed E-state index contributed by atoms with van der Waals surface area (Å²) in [6.07, 6.45) is 8.92. The fourth-order valence-corrected chi connectivity index (χ4v) is 4.39. The minimum absolute atomic E-state index is 0.450. The van der Waals surface area contributed by atoms with E-state index in [1.54, 1.807) is 0 Å². The molecule has 0 amide bonds. The van der Waals surface area contributed by atoms with Crippen molar-refractivity contribution in [2.24, 2.45) is 0 Å². The van der Waals surface area contributed by atoms with E-state index in [9.17, 15) is 9.90 Å².